The number of benzene rings is 2. The lowest BCUT2D eigenvalue weighted by atomic mass is 10.0. The summed E-state index contributed by atoms with van der Waals surface area (Å²) >= 11 is 1.60. The highest BCUT2D eigenvalue weighted by Crippen LogP contribution is 2.36. The standard InChI is InChI=1S/C20H16N2O2S/c1-24-15-9-7-14(8-10-15)19(23)18-16-11-17(13-5-3-2-4-6-13)25-20(16)22-12-21-18/h2-12,19,23H,1H3. The maximum Gasteiger partial charge on any atom is 0.127 e. The van der Waals surface area contributed by atoms with Gasteiger partial charge < -0.3 is 9.84 Å². The number of methoxy groups -OCH3 is 1. The summed E-state index contributed by atoms with van der Waals surface area (Å²) in [6, 6.07) is 19.6. The zero-order chi connectivity index (χ0) is 17.2. The van der Waals surface area contributed by atoms with Gasteiger partial charge in [0.05, 0.1) is 12.8 Å². The van der Waals surface area contributed by atoms with E-state index in [1.807, 2.05) is 42.5 Å². The monoisotopic (exact) mass is 348 g/mol. The molecule has 0 amide bonds. The lowest BCUT2D eigenvalue weighted by Gasteiger charge is -2.11. The normalized spacial score (nSPS) is 12.2. The van der Waals surface area contributed by atoms with E-state index >= 15 is 0 Å². The number of aliphatic hydroxyl groups is 1. The number of hydrogen-bond donors (Lipinski definition) is 1. The highest BCUT2D eigenvalue weighted by atomic mass is 32.1. The van der Waals surface area contributed by atoms with Gasteiger partial charge in [-0.2, -0.15) is 0 Å². The van der Waals surface area contributed by atoms with Gasteiger partial charge in [-0.3, -0.25) is 0 Å². The molecule has 5 heteroatoms. The molecule has 0 radical (unpaired) electrons. The van der Waals surface area contributed by atoms with Crippen LogP contribution in [0.15, 0.2) is 67.0 Å². The second kappa shape index (κ2) is 6.63. The first-order valence-electron chi connectivity index (χ1n) is 7.88. The molecule has 0 fully saturated rings. The molecule has 0 saturated heterocycles. The Bertz CT molecular complexity index is 997. The van der Waals surface area contributed by atoms with Crippen molar-refractivity contribution in [2.45, 2.75) is 6.10 Å². The van der Waals surface area contributed by atoms with E-state index < -0.39 is 6.10 Å². The number of rotatable bonds is 4. The first-order chi connectivity index (χ1) is 12.3. The molecule has 4 nitrogen and oxygen atoms in total. The van der Waals surface area contributed by atoms with Crippen LogP contribution in [0.1, 0.15) is 17.4 Å². The van der Waals surface area contributed by atoms with Gasteiger partial charge in [-0.15, -0.1) is 11.3 Å². The number of ether oxygens (including phenoxy) is 1. The third-order valence-electron chi connectivity index (χ3n) is 4.11. The first-order valence-corrected chi connectivity index (χ1v) is 8.70. The van der Waals surface area contributed by atoms with Crippen LogP contribution < -0.4 is 4.74 Å². The van der Waals surface area contributed by atoms with Crippen molar-refractivity contribution in [1.29, 1.82) is 0 Å². The number of aliphatic hydroxyl groups excluding tert-OH is 1. The van der Waals surface area contributed by atoms with Crippen LogP contribution in [0, 0.1) is 0 Å². The van der Waals surface area contributed by atoms with E-state index in [9.17, 15) is 5.11 Å². The van der Waals surface area contributed by atoms with Gasteiger partial charge in [-0.25, -0.2) is 9.97 Å². The van der Waals surface area contributed by atoms with Gasteiger partial charge in [0.15, 0.2) is 0 Å². The Labute approximate surface area is 149 Å². The largest absolute Gasteiger partial charge is 0.497 e. The predicted octanol–water partition coefficient (Wildman–Crippen LogP) is 4.45. The fourth-order valence-corrected chi connectivity index (χ4v) is 3.79. The van der Waals surface area contributed by atoms with Crippen LogP contribution in [0.2, 0.25) is 0 Å². The first kappa shape index (κ1) is 15.7. The summed E-state index contributed by atoms with van der Waals surface area (Å²) in [6.45, 7) is 0. The van der Waals surface area contributed by atoms with Crippen LogP contribution in [0.5, 0.6) is 5.75 Å². The Balaban J connectivity index is 1.77. The molecule has 0 aliphatic carbocycles. The van der Waals surface area contributed by atoms with Crippen molar-refractivity contribution in [3.63, 3.8) is 0 Å². The molecule has 0 bridgehead atoms. The van der Waals surface area contributed by atoms with Crippen molar-refractivity contribution >= 4 is 21.6 Å². The van der Waals surface area contributed by atoms with Gasteiger partial charge in [-0.1, -0.05) is 42.5 Å². The van der Waals surface area contributed by atoms with Gasteiger partial charge in [-0.05, 0) is 29.3 Å². The van der Waals surface area contributed by atoms with E-state index in [0.29, 0.717) is 5.69 Å². The molecule has 1 N–H and O–H groups in total. The number of thiophene rings is 1. The van der Waals surface area contributed by atoms with Gasteiger partial charge in [0, 0.05) is 10.3 Å². The highest BCUT2D eigenvalue weighted by Gasteiger charge is 2.18. The van der Waals surface area contributed by atoms with Crippen LogP contribution in [0.25, 0.3) is 20.7 Å². The number of fused-ring (bicyclic) bond motifs is 1. The Morgan fingerprint density at radius 2 is 1.76 bits per heavy atom. The third kappa shape index (κ3) is 2.99. The van der Waals surface area contributed by atoms with Crippen molar-refractivity contribution < 1.29 is 9.84 Å². The average Bonchev–Trinajstić information content (AvgIpc) is 3.12. The minimum Gasteiger partial charge on any atom is -0.497 e. The van der Waals surface area contributed by atoms with Crippen LogP contribution in [0.4, 0.5) is 0 Å². The fraction of sp³-hybridized carbons (Fsp3) is 0.100. The average molecular weight is 348 g/mol. The lowest BCUT2D eigenvalue weighted by Crippen LogP contribution is -2.03. The predicted molar refractivity (Wildman–Crippen MR) is 99.9 cm³/mol. The summed E-state index contributed by atoms with van der Waals surface area (Å²) in [5.41, 5.74) is 2.53. The van der Waals surface area contributed by atoms with E-state index in [2.05, 4.69) is 28.2 Å². The molecule has 1 unspecified atom stereocenters. The topological polar surface area (TPSA) is 55.2 Å². The van der Waals surface area contributed by atoms with E-state index in [4.69, 9.17) is 4.74 Å². The molecular formula is C20H16N2O2S. The van der Waals surface area contributed by atoms with Crippen molar-refractivity contribution in [3.05, 3.63) is 78.2 Å². The minimum absolute atomic E-state index is 0.619. The highest BCUT2D eigenvalue weighted by molar-refractivity contribution is 7.21. The van der Waals surface area contributed by atoms with Gasteiger partial charge in [0.1, 0.15) is 23.0 Å². The van der Waals surface area contributed by atoms with Crippen molar-refractivity contribution in [2.24, 2.45) is 0 Å². The van der Waals surface area contributed by atoms with Gasteiger partial charge >= 0.3 is 0 Å². The summed E-state index contributed by atoms with van der Waals surface area (Å²) in [5, 5.41) is 11.7. The molecule has 0 saturated carbocycles. The quantitative estimate of drug-likeness (QED) is 0.592. The van der Waals surface area contributed by atoms with Crippen LogP contribution in [0.3, 0.4) is 0 Å². The maximum atomic E-state index is 10.8. The summed E-state index contributed by atoms with van der Waals surface area (Å²) in [5.74, 6) is 0.755. The van der Waals surface area contributed by atoms with Crippen molar-refractivity contribution in [3.8, 4) is 16.2 Å². The molecule has 25 heavy (non-hydrogen) atoms. The molecule has 2 heterocycles. The number of nitrogens with zero attached hydrogens (tertiary/aromatic N) is 2. The molecule has 2 aromatic carbocycles. The summed E-state index contributed by atoms with van der Waals surface area (Å²) in [4.78, 5) is 10.7. The van der Waals surface area contributed by atoms with Crippen molar-refractivity contribution in [2.75, 3.05) is 7.11 Å². The van der Waals surface area contributed by atoms with Crippen LogP contribution in [-0.4, -0.2) is 22.2 Å². The van der Waals surface area contributed by atoms with E-state index in [1.165, 1.54) is 6.33 Å². The summed E-state index contributed by atoms with van der Waals surface area (Å²) in [6.07, 6.45) is 0.699. The second-order valence-electron chi connectivity index (χ2n) is 5.63. The van der Waals surface area contributed by atoms with Crippen LogP contribution >= 0.6 is 11.3 Å². The molecule has 124 valence electrons. The summed E-state index contributed by atoms with van der Waals surface area (Å²) in [7, 11) is 1.62. The molecular weight excluding hydrogens is 332 g/mol. The van der Waals surface area contributed by atoms with Crippen molar-refractivity contribution in [1.82, 2.24) is 9.97 Å². The lowest BCUT2D eigenvalue weighted by molar-refractivity contribution is 0.217. The Hall–Kier alpha value is -2.76. The molecule has 1 atom stereocenters. The molecule has 4 rings (SSSR count). The third-order valence-corrected chi connectivity index (χ3v) is 5.20. The van der Waals surface area contributed by atoms with Gasteiger partial charge in [0.25, 0.3) is 0 Å². The molecule has 0 aliphatic heterocycles. The molecule has 0 spiro atoms. The van der Waals surface area contributed by atoms with E-state index in [-0.39, 0.29) is 0 Å². The van der Waals surface area contributed by atoms with E-state index in [0.717, 1.165) is 32.0 Å². The zero-order valence-corrected chi connectivity index (χ0v) is 14.4. The maximum absolute atomic E-state index is 10.8. The Kier molecular flexibility index (Phi) is 4.17. The zero-order valence-electron chi connectivity index (χ0n) is 13.6. The molecule has 2 aromatic heterocycles. The molecule has 0 aliphatic rings. The number of aromatic nitrogens is 2. The smallest absolute Gasteiger partial charge is 0.127 e. The SMILES string of the molecule is COc1ccc(C(O)c2ncnc3sc(-c4ccccc4)cc23)cc1. The molecule has 4 aromatic rings. The Morgan fingerprint density at radius 3 is 2.48 bits per heavy atom. The van der Waals surface area contributed by atoms with Crippen LogP contribution in [-0.2, 0) is 0 Å². The minimum atomic E-state index is -0.811. The second-order valence-corrected chi connectivity index (χ2v) is 6.66. The number of hydrogen-bond acceptors (Lipinski definition) is 5. The van der Waals surface area contributed by atoms with Gasteiger partial charge in [0.2, 0.25) is 0 Å². The van der Waals surface area contributed by atoms with E-state index in [1.54, 1.807) is 18.4 Å². The fourth-order valence-electron chi connectivity index (χ4n) is 2.78. The summed E-state index contributed by atoms with van der Waals surface area (Å²) < 4.78 is 5.17. The Morgan fingerprint density at radius 1 is 1.00 bits per heavy atom.